The van der Waals surface area contributed by atoms with Crippen molar-refractivity contribution in [3.05, 3.63) is 71.4 Å². The van der Waals surface area contributed by atoms with Crippen LogP contribution in [0.15, 0.2) is 54.6 Å². The molecule has 3 aromatic rings. The Hall–Kier alpha value is -3.98. The predicted molar refractivity (Wildman–Crippen MR) is 131 cm³/mol. The molecule has 2 fully saturated rings. The number of nitrogens with one attached hydrogen (secondary N) is 2. The lowest BCUT2D eigenvalue weighted by Gasteiger charge is -2.18. The summed E-state index contributed by atoms with van der Waals surface area (Å²) < 4.78 is 5.97. The van der Waals surface area contributed by atoms with Crippen LogP contribution in [0.4, 0.5) is 0 Å². The number of pyridine rings is 1. The van der Waals surface area contributed by atoms with E-state index in [4.69, 9.17) is 9.94 Å². The SMILES string of the molecule is Cc1cc(COc2ccc(C(=O)N[C@@H]3CN(C(=O)C4CC4)C[C@@H]3C(=O)NO)cc2)c2ccccc2n1. The normalized spacial score (nSPS) is 19.2. The van der Waals surface area contributed by atoms with Gasteiger partial charge in [-0.2, -0.15) is 0 Å². The maximum Gasteiger partial charge on any atom is 0.251 e. The summed E-state index contributed by atoms with van der Waals surface area (Å²) in [4.78, 5) is 43.7. The van der Waals surface area contributed by atoms with E-state index in [-0.39, 0.29) is 30.8 Å². The molecule has 0 bridgehead atoms. The van der Waals surface area contributed by atoms with Gasteiger partial charge < -0.3 is 15.0 Å². The van der Waals surface area contributed by atoms with Crippen molar-refractivity contribution in [3.63, 3.8) is 0 Å². The number of carbonyl (C=O) groups excluding carboxylic acids is 3. The average molecular weight is 489 g/mol. The van der Waals surface area contributed by atoms with Gasteiger partial charge in [0.1, 0.15) is 12.4 Å². The number of aryl methyl sites for hydroxylation is 1. The van der Waals surface area contributed by atoms with Gasteiger partial charge in [0.2, 0.25) is 11.8 Å². The minimum absolute atomic E-state index is 0.00107. The first-order chi connectivity index (χ1) is 17.4. The first kappa shape index (κ1) is 23.7. The van der Waals surface area contributed by atoms with Crippen LogP contribution in [0.1, 0.15) is 34.5 Å². The number of para-hydroxylation sites is 1. The van der Waals surface area contributed by atoms with Gasteiger partial charge in [-0.25, -0.2) is 5.48 Å². The summed E-state index contributed by atoms with van der Waals surface area (Å²) >= 11 is 0. The molecule has 5 rings (SSSR count). The second-order valence-electron chi connectivity index (χ2n) is 9.43. The summed E-state index contributed by atoms with van der Waals surface area (Å²) in [5.74, 6) is -1.07. The van der Waals surface area contributed by atoms with Gasteiger partial charge in [0.05, 0.1) is 17.5 Å². The largest absolute Gasteiger partial charge is 0.489 e. The van der Waals surface area contributed by atoms with Crippen LogP contribution in [0.2, 0.25) is 0 Å². The lowest BCUT2D eigenvalue weighted by atomic mass is 10.0. The van der Waals surface area contributed by atoms with Gasteiger partial charge >= 0.3 is 0 Å². The van der Waals surface area contributed by atoms with E-state index in [1.54, 1.807) is 34.6 Å². The molecule has 1 aliphatic carbocycles. The Bertz CT molecular complexity index is 1310. The molecule has 9 heteroatoms. The lowest BCUT2D eigenvalue weighted by Crippen LogP contribution is -2.45. The van der Waals surface area contributed by atoms with Crippen molar-refractivity contribution in [2.24, 2.45) is 11.8 Å². The third-order valence-corrected chi connectivity index (χ3v) is 6.76. The van der Waals surface area contributed by atoms with Crippen molar-refractivity contribution >= 4 is 28.6 Å². The van der Waals surface area contributed by atoms with Gasteiger partial charge in [-0.05, 0) is 56.2 Å². The Kier molecular flexibility index (Phi) is 6.56. The van der Waals surface area contributed by atoms with Gasteiger partial charge in [0, 0.05) is 41.2 Å². The molecule has 1 saturated carbocycles. The maximum atomic E-state index is 12.9. The highest BCUT2D eigenvalue weighted by atomic mass is 16.5. The Morgan fingerprint density at radius 3 is 2.56 bits per heavy atom. The first-order valence-corrected chi connectivity index (χ1v) is 12.0. The summed E-state index contributed by atoms with van der Waals surface area (Å²) in [5, 5.41) is 13.0. The Morgan fingerprint density at radius 1 is 1.08 bits per heavy atom. The zero-order chi connectivity index (χ0) is 25.2. The van der Waals surface area contributed by atoms with Crippen LogP contribution >= 0.6 is 0 Å². The van der Waals surface area contributed by atoms with E-state index in [9.17, 15) is 14.4 Å². The standard InChI is InChI=1S/C27H28N4O5/c1-16-12-19(21-4-2-3-5-23(21)28-16)15-36-20-10-8-17(9-11-20)25(32)29-24-14-31(27(34)18-6-7-18)13-22(24)26(33)30-35/h2-5,8-12,18,22,24,35H,6-7,13-15H2,1H3,(H,29,32)(H,30,33)/t22-,24+/m0/s1. The minimum atomic E-state index is -0.720. The van der Waals surface area contributed by atoms with E-state index < -0.39 is 17.9 Å². The van der Waals surface area contributed by atoms with E-state index in [2.05, 4.69) is 10.3 Å². The maximum absolute atomic E-state index is 12.9. The predicted octanol–water partition coefficient (Wildman–Crippen LogP) is 2.59. The summed E-state index contributed by atoms with van der Waals surface area (Å²) in [5.41, 5.74) is 4.92. The fourth-order valence-corrected chi connectivity index (χ4v) is 4.70. The molecule has 2 atom stereocenters. The van der Waals surface area contributed by atoms with E-state index >= 15 is 0 Å². The second kappa shape index (κ2) is 9.94. The minimum Gasteiger partial charge on any atom is -0.489 e. The second-order valence-corrected chi connectivity index (χ2v) is 9.43. The van der Waals surface area contributed by atoms with Crippen molar-refractivity contribution in [3.8, 4) is 5.75 Å². The van der Waals surface area contributed by atoms with E-state index in [1.165, 1.54) is 0 Å². The fourth-order valence-electron chi connectivity index (χ4n) is 4.70. The molecule has 0 spiro atoms. The number of fused-ring (bicyclic) bond motifs is 1. The van der Waals surface area contributed by atoms with E-state index in [0.717, 1.165) is 35.0 Å². The van der Waals surface area contributed by atoms with Gasteiger partial charge in [-0.3, -0.25) is 24.6 Å². The van der Waals surface area contributed by atoms with Crippen molar-refractivity contribution in [1.82, 2.24) is 20.7 Å². The molecule has 2 aromatic carbocycles. The molecule has 1 aliphatic heterocycles. The van der Waals surface area contributed by atoms with Crippen molar-refractivity contribution in [1.29, 1.82) is 0 Å². The summed E-state index contributed by atoms with van der Waals surface area (Å²) in [6.45, 7) is 2.71. The number of aromatic nitrogens is 1. The number of likely N-dealkylation sites (tertiary alicyclic amines) is 1. The number of rotatable bonds is 7. The van der Waals surface area contributed by atoms with Gasteiger partial charge in [-0.15, -0.1) is 0 Å². The highest BCUT2D eigenvalue weighted by molar-refractivity contribution is 5.95. The molecule has 1 saturated heterocycles. The van der Waals surface area contributed by atoms with Crippen LogP contribution in [0.5, 0.6) is 5.75 Å². The summed E-state index contributed by atoms with van der Waals surface area (Å²) in [6, 6.07) is 16.1. The number of amides is 3. The van der Waals surface area contributed by atoms with Crippen LogP contribution in [0, 0.1) is 18.8 Å². The first-order valence-electron chi connectivity index (χ1n) is 12.0. The van der Waals surface area contributed by atoms with E-state index in [1.807, 2.05) is 37.3 Å². The fraction of sp³-hybridized carbons (Fsp3) is 0.333. The van der Waals surface area contributed by atoms with Crippen molar-refractivity contribution in [2.45, 2.75) is 32.4 Å². The lowest BCUT2D eigenvalue weighted by molar-refractivity contribution is -0.134. The summed E-state index contributed by atoms with van der Waals surface area (Å²) in [6.07, 6.45) is 1.71. The molecule has 186 valence electrons. The third kappa shape index (κ3) is 5.01. The van der Waals surface area contributed by atoms with Crippen molar-refractivity contribution < 1.29 is 24.3 Å². The topological polar surface area (TPSA) is 121 Å². The molecule has 3 amide bonds. The Balaban J connectivity index is 1.23. The molecule has 9 nitrogen and oxygen atoms in total. The third-order valence-electron chi connectivity index (χ3n) is 6.76. The van der Waals surface area contributed by atoms with Crippen molar-refractivity contribution in [2.75, 3.05) is 13.1 Å². The molecule has 36 heavy (non-hydrogen) atoms. The number of hydrogen-bond acceptors (Lipinski definition) is 6. The molecular formula is C27H28N4O5. The molecule has 2 aliphatic rings. The summed E-state index contributed by atoms with van der Waals surface area (Å²) in [7, 11) is 0. The van der Waals surface area contributed by atoms with Crippen LogP contribution < -0.4 is 15.5 Å². The van der Waals surface area contributed by atoms with Crippen LogP contribution in [0.25, 0.3) is 10.9 Å². The number of hydroxylamine groups is 1. The highest BCUT2D eigenvalue weighted by Gasteiger charge is 2.44. The monoisotopic (exact) mass is 488 g/mol. The quantitative estimate of drug-likeness (QED) is 0.347. The number of nitrogens with zero attached hydrogens (tertiary/aromatic N) is 2. The number of hydrogen-bond donors (Lipinski definition) is 3. The van der Waals surface area contributed by atoms with Gasteiger partial charge in [-0.1, -0.05) is 18.2 Å². The molecule has 1 aromatic heterocycles. The Labute approximate surface area is 208 Å². The molecule has 2 heterocycles. The van der Waals surface area contributed by atoms with Gasteiger partial charge in [0.25, 0.3) is 5.91 Å². The zero-order valence-corrected chi connectivity index (χ0v) is 19.9. The smallest absolute Gasteiger partial charge is 0.251 e. The number of carbonyl (C=O) groups is 3. The zero-order valence-electron chi connectivity index (χ0n) is 19.9. The molecule has 0 unspecified atom stereocenters. The highest BCUT2D eigenvalue weighted by Crippen LogP contribution is 2.33. The van der Waals surface area contributed by atoms with Crippen LogP contribution in [-0.4, -0.2) is 51.9 Å². The van der Waals surface area contributed by atoms with Crippen LogP contribution in [-0.2, 0) is 16.2 Å². The number of benzene rings is 2. The Morgan fingerprint density at radius 2 is 1.83 bits per heavy atom. The van der Waals surface area contributed by atoms with Crippen LogP contribution in [0.3, 0.4) is 0 Å². The average Bonchev–Trinajstić information content (AvgIpc) is 3.66. The van der Waals surface area contributed by atoms with Gasteiger partial charge in [0.15, 0.2) is 0 Å². The molecular weight excluding hydrogens is 460 g/mol. The van der Waals surface area contributed by atoms with E-state index in [0.29, 0.717) is 17.9 Å². The molecule has 3 N–H and O–H groups in total. The number of ether oxygens (including phenoxy) is 1. The molecule has 0 radical (unpaired) electrons.